The number of likely N-dealkylation sites (N-methyl/N-ethyl adjacent to an activating group) is 1. The summed E-state index contributed by atoms with van der Waals surface area (Å²) < 4.78 is 6.34. The van der Waals surface area contributed by atoms with Crippen molar-refractivity contribution in [2.75, 3.05) is 19.7 Å². The van der Waals surface area contributed by atoms with Crippen LogP contribution in [0.1, 0.15) is 78.1 Å². The van der Waals surface area contributed by atoms with Gasteiger partial charge in [0.15, 0.2) is 0 Å². The normalized spacial score (nSPS) is 19.7. The van der Waals surface area contributed by atoms with Crippen LogP contribution in [0.3, 0.4) is 0 Å². The Morgan fingerprint density at radius 2 is 1.67 bits per heavy atom. The van der Waals surface area contributed by atoms with Crippen LogP contribution < -0.4 is 5.32 Å². The Labute approximate surface area is 114 Å². The van der Waals surface area contributed by atoms with Crippen molar-refractivity contribution in [2.24, 2.45) is 0 Å². The van der Waals surface area contributed by atoms with Gasteiger partial charge in [-0.25, -0.2) is 0 Å². The first-order valence-corrected chi connectivity index (χ1v) is 8.17. The minimum absolute atomic E-state index is 0.152. The summed E-state index contributed by atoms with van der Waals surface area (Å²) in [5.74, 6) is 0. The molecule has 0 spiro atoms. The Balaban J connectivity index is 2.33. The van der Waals surface area contributed by atoms with E-state index in [1.165, 1.54) is 64.2 Å². The van der Waals surface area contributed by atoms with E-state index in [-0.39, 0.29) is 5.60 Å². The molecule has 2 heteroatoms. The molecule has 0 heterocycles. The lowest BCUT2D eigenvalue weighted by atomic mass is 9.94. The molecular weight excluding hydrogens is 222 g/mol. The summed E-state index contributed by atoms with van der Waals surface area (Å²) in [6.07, 6.45) is 13.2. The summed E-state index contributed by atoms with van der Waals surface area (Å²) in [4.78, 5) is 0. The maximum atomic E-state index is 6.34. The highest BCUT2D eigenvalue weighted by atomic mass is 16.5. The lowest BCUT2D eigenvalue weighted by Gasteiger charge is -2.33. The molecule has 0 atom stereocenters. The van der Waals surface area contributed by atoms with Gasteiger partial charge in [0.1, 0.15) is 0 Å². The molecule has 0 aromatic rings. The Bertz CT molecular complexity index is 186. The van der Waals surface area contributed by atoms with E-state index >= 15 is 0 Å². The molecule has 0 amide bonds. The summed E-state index contributed by atoms with van der Waals surface area (Å²) >= 11 is 0. The van der Waals surface area contributed by atoms with Crippen LogP contribution in [-0.2, 0) is 4.74 Å². The summed E-state index contributed by atoms with van der Waals surface area (Å²) in [7, 11) is 0. The minimum Gasteiger partial charge on any atom is -0.374 e. The number of ether oxygens (including phenoxy) is 1. The van der Waals surface area contributed by atoms with Crippen LogP contribution in [0.2, 0.25) is 0 Å². The summed E-state index contributed by atoms with van der Waals surface area (Å²) in [6.45, 7) is 7.52. The molecule has 1 aliphatic rings. The van der Waals surface area contributed by atoms with Gasteiger partial charge in [0, 0.05) is 13.2 Å². The smallest absolute Gasteiger partial charge is 0.0806 e. The fourth-order valence-corrected chi connectivity index (χ4v) is 2.92. The van der Waals surface area contributed by atoms with Crippen molar-refractivity contribution < 1.29 is 4.74 Å². The Hall–Kier alpha value is -0.0800. The zero-order valence-corrected chi connectivity index (χ0v) is 12.6. The van der Waals surface area contributed by atoms with Gasteiger partial charge in [-0.05, 0) is 25.8 Å². The first-order chi connectivity index (χ1) is 8.83. The zero-order valence-electron chi connectivity index (χ0n) is 12.6. The molecule has 1 rings (SSSR count). The van der Waals surface area contributed by atoms with Crippen LogP contribution in [-0.4, -0.2) is 25.3 Å². The van der Waals surface area contributed by atoms with Crippen LogP contribution >= 0.6 is 0 Å². The van der Waals surface area contributed by atoms with Gasteiger partial charge in [-0.3, -0.25) is 0 Å². The molecule has 0 aromatic carbocycles. The molecule has 18 heavy (non-hydrogen) atoms. The van der Waals surface area contributed by atoms with Crippen LogP contribution in [0.5, 0.6) is 0 Å². The quantitative estimate of drug-likeness (QED) is 0.490. The third-order valence-electron chi connectivity index (χ3n) is 4.12. The predicted molar refractivity (Wildman–Crippen MR) is 79.1 cm³/mol. The van der Waals surface area contributed by atoms with Gasteiger partial charge >= 0.3 is 0 Å². The molecule has 1 aliphatic carbocycles. The molecule has 0 aromatic heterocycles. The fraction of sp³-hybridized carbons (Fsp3) is 1.00. The summed E-state index contributed by atoms with van der Waals surface area (Å²) in [6, 6.07) is 0. The van der Waals surface area contributed by atoms with Crippen LogP contribution in [0.15, 0.2) is 0 Å². The Morgan fingerprint density at radius 3 is 2.28 bits per heavy atom. The lowest BCUT2D eigenvalue weighted by Crippen LogP contribution is -2.43. The summed E-state index contributed by atoms with van der Waals surface area (Å²) in [5, 5.41) is 3.51. The fourth-order valence-electron chi connectivity index (χ4n) is 2.92. The highest BCUT2D eigenvalue weighted by Gasteiger charge is 2.31. The van der Waals surface area contributed by atoms with Gasteiger partial charge in [-0.15, -0.1) is 0 Å². The van der Waals surface area contributed by atoms with Crippen LogP contribution in [0.4, 0.5) is 0 Å². The van der Waals surface area contributed by atoms with Gasteiger partial charge in [0.25, 0.3) is 0 Å². The van der Waals surface area contributed by atoms with Crippen molar-refractivity contribution in [3.63, 3.8) is 0 Å². The molecule has 0 bridgehead atoms. The lowest BCUT2D eigenvalue weighted by molar-refractivity contribution is -0.0560. The van der Waals surface area contributed by atoms with E-state index in [2.05, 4.69) is 19.2 Å². The van der Waals surface area contributed by atoms with E-state index in [9.17, 15) is 0 Å². The van der Waals surface area contributed by atoms with Gasteiger partial charge in [0.05, 0.1) is 5.60 Å². The van der Waals surface area contributed by atoms with E-state index in [1.807, 2.05) is 0 Å². The first-order valence-electron chi connectivity index (χ1n) is 8.17. The van der Waals surface area contributed by atoms with Crippen molar-refractivity contribution in [1.82, 2.24) is 5.32 Å². The molecule has 1 fully saturated rings. The molecule has 0 radical (unpaired) electrons. The van der Waals surface area contributed by atoms with Gasteiger partial charge in [-0.1, -0.05) is 58.8 Å². The highest BCUT2D eigenvalue weighted by Crippen LogP contribution is 2.30. The second-order valence-corrected chi connectivity index (χ2v) is 5.79. The monoisotopic (exact) mass is 255 g/mol. The SMILES string of the molecule is CCCCCCOC1(CNCC)CCCCCC1. The topological polar surface area (TPSA) is 21.3 Å². The van der Waals surface area contributed by atoms with Crippen LogP contribution in [0, 0.1) is 0 Å². The maximum absolute atomic E-state index is 6.34. The maximum Gasteiger partial charge on any atom is 0.0806 e. The zero-order chi connectivity index (χ0) is 13.1. The second kappa shape index (κ2) is 9.80. The van der Waals surface area contributed by atoms with E-state index < -0.39 is 0 Å². The molecule has 2 nitrogen and oxygen atoms in total. The minimum atomic E-state index is 0.152. The third-order valence-corrected chi connectivity index (χ3v) is 4.12. The molecule has 0 aliphatic heterocycles. The van der Waals surface area contributed by atoms with Crippen molar-refractivity contribution in [2.45, 2.75) is 83.7 Å². The van der Waals surface area contributed by atoms with E-state index in [1.54, 1.807) is 0 Å². The molecular formula is C16H33NO. The Morgan fingerprint density at radius 1 is 0.944 bits per heavy atom. The predicted octanol–water partition coefficient (Wildman–Crippen LogP) is 4.29. The summed E-state index contributed by atoms with van der Waals surface area (Å²) in [5.41, 5.74) is 0.152. The van der Waals surface area contributed by atoms with Gasteiger partial charge in [0.2, 0.25) is 0 Å². The molecule has 1 saturated carbocycles. The van der Waals surface area contributed by atoms with Crippen molar-refractivity contribution >= 4 is 0 Å². The number of nitrogens with one attached hydrogen (secondary N) is 1. The average Bonchev–Trinajstić information content (AvgIpc) is 2.62. The number of hydrogen-bond donors (Lipinski definition) is 1. The molecule has 1 N–H and O–H groups in total. The van der Waals surface area contributed by atoms with Crippen molar-refractivity contribution in [3.8, 4) is 0 Å². The molecule has 0 unspecified atom stereocenters. The Kier molecular flexibility index (Phi) is 8.70. The first kappa shape index (κ1) is 16.0. The highest BCUT2D eigenvalue weighted by molar-refractivity contribution is 4.85. The van der Waals surface area contributed by atoms with Gasteiger partial charge < -0.3 is 10.1 Å². The van der Waals surface area contributed by atoms with E-state index in [0.717, 1.165) is 19.7 Å². The van der Waals surface area contributed by atoms with Gasteiger partial charge in [-0.2, -0.15) is 0 Å². The number of rotatable bonds is 9. The van der Waals surface area contributed by atoms with Crippen molar-refractivity contribution in [1.29, 1.82) is 0 Å². The van der Waals surface area contributed by atoms with E-state index in [0.29, 0.717) is 0 Å². The third kappa shape index (κ3) is 6.19. The molecule has 0 saturated heterocycles. The number of hydrogen-bond acceptors (Lipinski definition) is 2. The molecule has 108 valence electrons. The number of unbranched alkanes of at least 4 members (excludes halogenated alkanes) is 3. The second-order valence-electron chi connectivity index (χ2n) is 5.79. The standard InChI is InChI=1S/C16H33NO/c1-3-5-6-11-14-18-16(15-17-4-2)12-9-7-8-10-13-16/h17H,3-15H2,1-2H3. The van der Waals surface area contributed by atoms with Crippen LogP contribution in [0.25, 0.3) is 0 Å². The average molecular weight is 255 g/mol. The largest absolute Gasteiger partial charge is 0.374 e. The van der Waals surface area contributed by atoms with E-state index in [4.69, 9.17) is 4.74 Å². The van der Waals surface area contributed by atoms with Crippen molar-refractivity contribution in [3.05, 3.63) is 0 Å².